The maximum absolute atomic E-state index is 12.3. The summed E-state index contributed by atoms with van der Waals surface area (Å²) >= 11 is 0. The molecule has 1 aliphatic heterocycles. The number of carbonyl (C=O) groups is 1. The SMILES string of the molecule is CN(C)Cc1ccc(NC(=O)Nc2ccc(B3OC(C)(C)C(C)(C)O3)cc2)cc1. The number of nitrogens with one attached hydrogen (secondary N) is 2. The first kappa shape index (κ1) is 21.4. The molecule has 0 saturated carbocycles. The molecule has 1 fully saturated rings. The highest BCUT2D eigenvalue weighted by atomic mass is 16.7. The molecule has 29 heavy (non-hydrogen) atoms. The fraction of sp³-hybridized carbons (Fsp3) is 0.409. The number of hydrogen-bond donors (Lipinski definition) is 2. The Morgan fingerprint density at radius 2 is 1.31 bits per heavy atom. The van der Waals surface area contributed by atoms with Gasteiger partial charge in [-0.3, -0.25) is 0 Å². The summed E-state index contributed by atoms with van der Waals surface area (Å²) in [5.74, 6) is 0. The van der Waals surface area contributed by atoms with Gasteiger partial charge in [0.05, 0.1) is 11.2 Å². The van der Waals surface area contributed by atoms with Gasteiger partial charge in [0.25, 0.3) is 0 Å². The molecule has 0 bridgehead atoms. The lowest BCUT2D eigenvalue weighted by Gasteiger charge is -2.32. The normalized spacial score (nSPS) is 17.4. The minimum atomic E-state index is -0.413. The second-order valence-corrected chi connectivity index (χ2v) is 8.72. The first-order valence-corrected chi connectivity index (χ1v) is 9.83. The minimum absolute atomic E-state index is 0.284. The van der Waals surface area contributed by atoms with Crippen molar-refractivity contribution in [2.45, 2.75) is 45.4 Å². The molecule has 3 rings (SSSR count). The molecule has 1 heterocycles. The van der Waals surface area contributed by atoms with Gasteiger partial charge in [-0.05, 0) is 77.1 Å². The molecule has 0 aromatic heterocycles. The van der Waals surface area contributed by atoms with Crippen molar-refractivity contribution in [3.63, 3.8) is 0 Å². The third-order valence-corrected chi connectivity index (χ3v) is 5.40. The van der Waals surface area contributed by atoms with Gasteiger partial charge in [0.2, 0.25) is 0 Å². The number of carbonyl (C=O) groups excluding carboxylic acids is 1. The van der Waals surface area contributed by atoms with Gasteiger partial charge in [-0.1, -0.05) is 24.3 Å². The van der Waals surface area contributed by atoms with Crippen molar-refractivity contribution < 1.29 is 14.1 Å². The van der Waals surface area contributed by atoms with Crippen LogP contribution in [0.2, 0.25) is 0 Å². The molecular weight excluding hydrogens is 365 g/mol. The van der Waals surface area contributed by atoms with E-state index in [9.17, 15) is 4.79 Å². The maximum atomic E-state index is 12.3. The van der Waals surface area contributed by atoms with E-state index in [1.165, 1.54) is 5.56 Å². The first-order chi connectivity index (χ1) is 13.6. The second kappa shape index (κ2) is 8.18. The zero-order valence-electron chi connectivity index (χ0n) is 18.1. The topological polar surface area (TPSA) is 62.8 Å². The van der Waals surface area contributed by atoms with Gasteiger partial charge in [0, 0.05) is 17.9 Å². The maximum Gasteiger partial charge on any atom is 0.494 e. The Labute approximate surface area is 173 Å². The van der Waals surface area contributed by atoms with Crippen molar-refractivity contribution in [3.05, 3.63) is 54.1 Å². The molecule has 6 nitrogen and oxygen atoms in total. The molecule has 0 aliphatic carbocycles. The van der Waals surface area contributed by atoms with E-state index in [1.54, 1.807) is 0 Å². The molecule has 2 N–H and O–H groups in total. The molecule has 0 atom stereocenters. The van der Waals surface area contributed by atoms with Gasteiger partial charge in [0.15, 0.2) is 0 Å². The first-order valence-electron chi connectivity index (χ1n) is 9.83. The van der Waals surface area contributed by atoms with Gasteiger partial charge in [-0.15, -0.1) is 0 Å². The van der Waals surface area contributed by atoms with Crippen LogP contribution in [0, 0.1) is 0 Å². The van der Waals surface area contributed by atoms with Crippen LogP contribution >= 0.6 is 0 Å². The highest BCUT2D eigenvalue weighted by Gasteiger charge is 2.51. The molecule has 7 heteroatoms. The van der Waals surface area contributed by atoms with Gasteiger partial charge in [-0.25, -0.2) is 4.79 Å². The summed E-state index contributed by atoms with van der Waals surface area (Å²) in [7, 11) is 3.64. The van der Waals surface area contributed by atoms with E-state index in [-0.39, 0.29) is 17.2 Å². The summed E-state index contributed by atoms with van der Waals surface area (Å²) in [5.41, 5.74) is 2.81. The van der Waals surface area contributed by atoms with E-state index in [2.05, 4.69) is 15.5 Å². The average Bonchev–Trinajstić information content (AvgIpc) is 2.84. The third kappa shape index (κ3) is 5.18. The van der Waals surface area contributed by atoms with E-state index in [1.807, 2.05) is 90.3 Å². The van der Waals surface area contributed by atoms with Crippen molar-refractivity contribution in [3.8, 4) is 0 Å². The number of benzene rings is 2. The molecule has 0 spiro atoms. The van der Waals surface area contributed by atoms with E-state index >= 15 is 0 Å². The average molecular weight is 395 g/mol. The lowest BCUT2D eigenvalue weighted by Crippen LogP contribution is -2.41. The third-order valence-electron chi connectivity index (χ3n) is 5.40. The number of nitrogens with zero attached hydrogens (tertiary/aromatic N) is 1. The summed E-state index contributed by atoms with van der Waals surface area (Å²) in [6, 6.07) is 15.1. The minimum Gasteiger partial charge on any atom is -0.399 e. The van der Waals surface area contributed by atoms with Gasteiger partial charge >= 0.3 is 13.1 Å². The van der Waals surface area contributed by atoms with Crippen LogP contribution in [-0.4, -0.2) is 43.3 Å². The second-order valence-electron chi connectivity index (χ2n) is 8.72. The van der Waals surface area contributed by atoms with Crippen LogP contribution < -0.4 is 16.1 Å². The number of anilines is 2. The standard InChI is InChI=1S/C22H30BN3O3/c1-21(2)22(3,4)29-23(28-21)17-9-13-19(14-10-17)25-20(27)24-18-11-7-16(8-12-18)15-26(5)6/h7-14H,15H2,1-6H3,(H2,24,25,27). The van der Waals surface area contributed by atoms with Crippen molar-refractivity contribution in [2.75, 3.05) is 24.7 Å². The molecule has 154 valence electrons. The van der Waals surface area contributed by atoms with Gasteiger partial charge in [0.1, 0.15) is 0 Å². The Morgan fingerprint density at radius 3 is 1.76 bits per heavy atom. The summed E-state index contributed by atoms with van der Waals surface area (Å²) in [5, 5.41) is 5.70. The zero-order valence-corrected chi connectivity index (χ0v) is 18.1. The van der Waals surface area contributed by atoms with Crippen LogP contribution in [0.1, 0.15) is 33.3 Å². The van der Waals surface area contributed by atoms with E-state index < -0.39 is 7.12 Å². The van der Waals surface area contributed by atoms with Crippen molar-refractivity contribution in [2.24, 2.45) is 0 Å². The highest BCUT2D eigenvalue weighted by molar-refractivity contribution is 6.62. The predicted octanol–water partition coefficient (Wildman–Crippen LogP) is 3.69. The summed E-state index contributed by atoms with van der Waals surface area (Å²) in [6.45, 7) is 8.98. The van der Waals surface area contributed by atoms with Crippen molar-refractivity contribution >= 4 is 30.0 Å². The largest absolute Gasteiger partial charge is 0.494 e. The number of urea groups is 1. The van der Waals surface area contributed by atoms with Crippen molar-refractivity contribution in [1.82, 2.24) is 4.90 Å². The Kier molecular flexibility index (Phi) is 6.03. The zero-order chi connectivity index (χ0) is 21.2. The van der Waals surface area contributed by atoms with Crippen LogP contribution in [0.5, 0.6) is 0 Å². The molecule has 2 amide bonds. The Bertz CT molecular complexity index is 833. The predicted molar refractivity (Wildman–Crippen MR) is 119 cm³/mol. The number of hydrogen-bond acceptors (Lipinski definition) is 4. The lowest BCUT2D eigenvalue weighted by atomic mass is 9.79. The summed E-state index contributed by atoms with van der Waals surface area (Å²) in [4.78, 5) is 14.4. The molecular formula is C22H30BN3O3. The van der Waals surface area contributed by atoms with E-state index in [0.717, 1.165) is 17.7 Å². The molecule has 2 aromatic carbocycles. The highest BCUT2D eigenvalue weighted by Crippen LogP contribution is 2.36. The van der Waals surface area contributed by atoms with E-state index in [0.29, 0.717) is 5.69 Å². The van der Waals surface area contributed by atoms with Gasteiger partial charge < -0.3 is 24.8 Å². The van der Waals surface area contributed by atoms with E-state index in [4.69, 9.17) is 9.31 Å². The molecule has 1 saturated heterocycles. The lowest BCUT2D eigenvalue weighted by molar-refractivity contribution is 0.00578. The van der Waals surface area contributed by atoms with Crippen LogP contribution in [-0.2, 0) is 15.9 Å². The summed E-state index contributed by atoms with van der Waals surface area (Å²) in [6.07, 6.45) is 0. The van der Waals surface area contributed by atoms with Crippen LogP contribution in [0.25, 0.3) is 0 Å². The van der Waals surface area contributed by atoms with Crippen LogP contribution in [0.4, 0.5) is 16.2 Å². The fourth-order valence-electron chi connectivity index (χ4n) is 3.05. The molecule has 2 aromatic rings. The van der Waals surface area contributed by atoms with Crippen LogP contribution in [0.3, 0.4) is 0 Å². The quantitative estimate of drug-likeness (QED) is 0.758. The Morgan fingerprint density at radius 1 is 0.862 bits per heavy atom. The number of amides is 2. The smallest absolute Gasteiger partial charge is 0.399 e. The van der Waals surface area contributed by atoms with Crippen LogP contribution in [0.15, 0.2) is 48.5 Å². The Balaban J connectivity index is 1.56. The molecule has 1 aliphatic rings. The van der Waals surface area contributed by atoms with Crippen molar-refractivity contribution in [1.29, 1.82) is 0 Å². The van der Waals surface area contributed by atoms with Gasteiger partial charge in [-0.2, -0.15) is 0 Å². The molecule has 0 radical (unpaired) electrons. The summed E-state index contributed by atoms with van der Waals surface area (Å²) < 4.78 is 12.1. The monoisotopic (exact) mass is 395 g/mol. The Hall–Kier alpha value is -2.35. The molecule has 0 unspecified atom stereocenters. The fourth-order valence-corrected chi connectivity index (χ4v) is 3.05. The number of rotatable bonds is 5.